The third-order valence-electron chi connectivity index (χ3n) is 3.07. The molecule has 1 saturated heterocycles. The van der Waals surface area contributed by atoms with Crippen LogP contribution in [0.1, 0.15) is 16.8 Å². The van der Waals surface area contributed by atoms with Crippen LogP contribution in [0.4, 0.5) is 14.5 Å². The summed E-state index contributed by atoms with van der Waals surface area (Å²) in [5, 5.41) is 22.4. The summed E-state index contributed by atoms with van der Waals surface area (Å²) < 4.78 is 26.3. The topological polar surface area (TPSA) is 96.0 Å². The third-order valence-corrected chi connectivity index (χ3v) is 4.26. The second kappa shape index (κ2) is 5.65. The fourth-order valence-electron chi connectivity index (χ4n) is 1.93. The van der Waals surface area contributed by atoms with Gasteiger partial charge in [-0.05, 0) is 18.2 Å². The van der Waals surface area contributed by atoms with Crippen LogP contribution in [0.5, 0.6) is 0 Å². The minimum absolute atomic E-state index is 0.340. The largest absolute Gasteiger partial charge is 0.333 e. The van der Waals surface area contributed by atoms with E-state index in [1.54, 1.807) is 0 Å². The van der Waals surface area contributed by atoms with Crippen LogP contribution in [0.25, 0.3) is 0 Å². The second-order valence-corrected chi connectivity index (χ2v) is 5.60. The van der Waals surface area contributed by atoms with Gasteiger partial charge in [0.25, 0.3) is 11.6 Å². The predicted molar refractivity (Wildman–Crippen MR) is 70.8 cm³/mol. The van der Waals surface area contributed by atoms with E-state index in [0.29, 0.717) is 30.1 Å². The highest BCUT2D eigenvalue weighted by Gasteiger charge is 2.37. The highest BCUT2D eigenvalue weighted by Crippen LogP contribution is 2.29. The molecule has 1 fully saturated rings. The molecule has 1 N–H and O–H groups in total. The zero-order valence-corrected chi connectivity index (χ0v) is 11.4. The average Bonchev–Trinajstić information content (AvgIpc) is 2.90. The molecule has 1 aliphatic heterocycles. The normalized spacial score (nSPS) is 20.8. The van der Waals surface area contributed by atoms with Gasteiger partial charge in [0.1, 0.15) is 11.1 Å². The number of halogens is 2. The molecule has 21 heavy (non-hydrogen) atoms. The SMILES string of the molecule is N#CC1(NC(=O)c2cc(F)c(F)cc2[N+](=O)[O-])CCSC1. The Morgan fingerprint density at radius 2 is 2.14 bits per heavy atom. The Morgan fingerprint density at radius 3 is 2.67 bits per heavy atom. The van der Waals surface area contributed by atoms with Crippen LogP contribution in [-0.2, 0) is 0 Å². The number of amides is 1. The van der Waals surface area contributed by atoms with Crippen molar-refractivity contribution in [2.24, 2.45) is 0 Å². The first-order valence-electron chi connectivity index (χ1n) is 5.83. The van der Waals surface area contributed by atoms with E-state index in [2.05, 4.69) is 5.32 Å². The summed E-state index contributed by atoms with van der Waals surface area (Å²) >= 11 is 1.45. The molecule has 0 bridgehead atoms. The van der Waals surface area contributed by atoms with Gasteiger partial charge >= 0.3 is 0 Å². The molecule has 0 radical (unpaired) electrons. The van der Waals surface area contributed by atoms with E-state index in [4.69, 9.17) is 5.26 Å². The molecule has 110 valence electrons. The van der Waals surface area contributed by atoms with Gasteiger partial charge < -0.3 is 5.32 Å². The number of carbonyl (C=O) groups excluding carboxylic acids is 1. The Morgan fingerprint density at radius 1 is 1.48 bits per heavy atom. The molecule has 1 unspecified atom stereocenters. The molecule has 0 saturated carbocycles. The maximum absolute atomic E-state index is 13.2. The van der Waals surface area contributed by atoms with Crippen LogP contribution in [0.2, 0.25) is 0 Å². The van der Waals surface area contributed by atoms with Gasteiger partial charge in [-0.1, -0.05) is 0 Å². The molecule has 1 aromatic rings. The molecule has 0 aliphatic carbocycles. The average molecular weight is 313 g/mol. The lowest BCUT2D eigenvalue weighted by atomic mass is 10.00. The van der Waals surface area contributed by atoms with Gasteiger partial charge in [-0.15, -0.1) is 0 Å². The quantitative estimate of drug-likeness (QED) is 0.680. The van der Waals surface area contributed by atoms with Crippen LogP contribution in [0.3, 0.4) is 0 Å². The van der Waals surface area contributed by atoms with Crippen LogP contribution in [0.15, 0.2) is 12.1 Å². The third kappa shape index (κ3) is 2.95. The lowest BCUT2D eigenvalue weighted by Crippen LogP contribution is -2.47. The standard InChI is InChI=1S/C12H9F2N3O3S/c13-8-3-7(10(17(19)20)4-9(8)14)11(18)16-12(5-15)1-2-21-6-12/h3-4H,1-2,6H2,(H,16,18). The molecule has 1 aromatic carbocycles. The monoisotopic (exact) mass is 313 g/mol. The molecular formula is C12H9F2N3O3S. The predicted octanol–water partition coefficient (Wildman–Crippen LogP) is 2.00. The van der Waals surface area contributed by atoms with Crippen molar-refractivity contribution in [1.82, 2.24) is 5.32 Å². The van der Waals surface area contributed by atoms with Crippen molar-refractivity contribution in [3.05, 3.63) is 39.4 Å². The van der Waals surface area contributed by atoms with Crippen molar-refractivity contribution < 1.29 is 18.5 Å². The smallest absolute Gasteiger partial charge is 0.285 e. The minimum Gasteiger partial charge on any atom is -0.333 e. The Hall–Kier alpha value is -2.21. The van der Waals surface area contributed by atoms with Crippen molar-refractivity contribution in [2.75, 3.05) is 11.5 Å². The maximum atomic E-state index is 13.2. The number of hydrogen-bond donors (Lipinski definition) is 1. The molecule has 6 nitrogen and oxygen atoms in total. The van der Waals surface area contributed by atoms with Crippen molar-refractivity contribution >= 4 is 23.4 Å². The maximum Gasteiger partial charge on any atom is 0.285 e. The fourth-order valence-corrected chi connectivity index (χ4v) is 3.20. The Balaban J connectivity index is 2.37. The van der Waals surface area contributed by atoms with Gasteiger partial charge in [-0.2, -0.15) is 17.0 Å². The van der Waals surface area contributed by atoms with Crippen molar-refractivity contribution in [3.63, 3.8) is 0 Å². The van der Waals surface area contributed by atoms with Crippen LogP contribution < -0.4 is 5.32 Å². The molecule has 2 rings (SSSR count). The number of nitro benzene ring substituents is 1. The zero-order chi connectivity index (χ0) is 15.6. The van der Waals surface area contributed by atoms with Gasteiger partial charge in [-0.3, -0.25) is 14.9 Å². The number of rotatable bonds is 3. The van der Waals surface area contributed by atoms with Crippen molar-refractivity contribution in [3.8, 4) is 6.07 Å². The van der Waals surface area contributed by atoms with E-state index >= 15 is 0 Å². The Labute approximate surface area is 122 Å². The van der Waals surface area contributed by atoms with E-state index in [1.165, 1.54) is 11.8 Å². The summed E-state index contributed by atoms with van der Waals surface area (Å²) in [5.41, 5.74) is -2.59. The molecule has 1 amide bonds. The number of hydrogen-bond acceptors (Lipinski definition) is 5. The molecule has 0 spiro atoms. The van der Waals surface area contributed by atoms with E-state index < -0.39 is 39.3 Å². The first kappa shape index (κ1) is 15.2. The summed E-state index contributed by atoms with van der Waals surface area (Å²) in [5.74, 6) is -2.74. The molecule has 1 atom stereocenters. The number of nitrogens with one attached hydrogen (secondary N) is 1. The van der Waals surface area contributed by atoms with Crippen LogP contribution in [0, 0.1) is 33.1 Å². The Kier molecular flexibility index (Phi) is 4.09. The first-order chi connectivity index (χ1) is 9.88. The van der Waals surface area contributed by atoms with Crippen molar-refractivity contribution in [2.45, 2.75) is 12.0 Å². The lowest BCUT2D eigenvalue weighted by molar-refractivity contribution is -0.385. The van der Waals surface area contributed by atoms with Crippen LogP contribution >= 0.6 is 11.8 Å². The number of nitro groups is 1. The van der Waals surface area contributed by atoms with E-state index in [-0.39, 0.29) is 0 Å². The number of benzene rings is 1. The number of thioether (sulfide) groups is 1. The first-order valence-corrected chi connectivity index (χ1v) is 6.99. The highest BCUT2D eigenvalue weighted by molar-refractivity contribution is 7.99. The van der Waals surface area contributed by atoms with Gasteiger partial charge in [0.05, 0.1) is 17.1 Å². The zero-order valence-electron chi connectivity index (χ0n) is 10.6. The summed E-state index contributed by atoms with van der Waals surface area (Å²) in [4.78, 5) is 22.0. The second-order valence-electron chi connectivity index (χ2n) is 4.49. The highest BCUT2D eigenvalue weighted by atomic mass is 32.2. The minimum atomic E-state index is -1.41. The van der Waals surface area contributed by atoms with E-state index in [9.17, 15) is 23.7 Å². The molecule has 9 heteroatoms. The van der Waals surface area contributed by atoms with E-state index in [0.717, 1.165) is 0 Å². The number of nitrogens with zero attached hydrogens (tertiary/aromatic N) is 2. The van der Waals surface area contributed by atoms with Crippen molar-refractivity contribution in [1.29, 1.82) is 5.26 Å². The van der Waals surface area contributed by atoms with Gasteiger partial charge in [0.2, 0.25) is 0 Å². The summed E-state index contributed by atoms with van der Waals surface area (Å²) in [6, 6.07) is 2.78. The molecule has 1 aliphatic rings. The summed E-state index contributed by atoms with van der Waals surface area (Å²) in [7, 11) is 0. The van der Waals surface area contributed by atoms with Gasteiger partial charge in [-0.25, -0.2) is 8.78 Å². The molecule has 1 heterocycles. The van der Waals surface area contributed by atoms with E-state index in [1.807, 2.05) is 6.07 Å². The van der Waals surface area contributed by atoms with Gasteiger partial charge in [0, 0.05) is 5.75 Å². The van der Waals surface area contributed by atoms with Crippen LogP contribution in [-0.4, -0.2) is 27.9 Å². The van der Waals surface area contributed by atoms with Gasteiger partial charge in [0.15, 0.2) is 11.6 Å². The molecule has 0 aromatic heterocycles. The summed E-state index contributed by atoms with van der Waals surface area (Å²) in [6.45, 7) is 0. The fraction of sp³-hybridized carbons (Fsp3) is 0.333. The number of nitriles is 1. The lowest BCUT2D eigenvalue weighted by Gasteiger charge is -2.21. The number of carbonyl (C=O) groups is 1. The summed E-state index contributed by atoms with van der Waals surface area (Å²) in [6.07, 6.45) is 0.386. The Bertz CT molecular complexity index is 654. The molecular weight excluding hydrogens is 304 g/mol.